The van der Waals surface area contributed by atoms with Crippen molar-refractivity contribution < 1.29 is 28.3 Å². The monoisotopic (exact) mass is 770 g/mol. The lowest BCUT2D eigenvalue weighted by molar-refractivity contribution is -0.138. The fourth-order valence-electron chi connectivity index (χ4n) is 9.55. The van der Waals surface area contributed by atoms with Crippen LogP contribution in [0.5, 0.6) is 0 Å². The standard InChI is InChI=1S/C42H52F2N8O4/c43-32-24-30(47-34-11-12-36(53)50-38(34)54)9-10-31(32)26-14-21-52(22-15-26)41(16-2-1-3-17-41)39(55)48-28-5-7-29(8-6-28)49-40-46-25-33(44)37(51-40)27-13-20-45-35(23-27)42(56)18-4-19-42/h9-10,13,20,23-26,28-29,34,47,56H,1-8,11-12,14-19,21-22H2,(H,48,55)(H,46,49,51)(H,50,53,54). The molecule has 12 nitrogen and oxygen atoms in total. The van der Waals surface area contributed by atoms with Gasteiger partial charge in [0.25, 0.3) is 0 Å². The fourth-order valence-corrected chi connectivity index (χ4v) is 9.55. The number of pyridine rings is 1. The van der Waals surface area contributed by atoms with Gasteiger partial charge in [0.05, 0.1) is 11.9 Å². The third-order valence-corrected chi connectivity index (χ3v) is 13.1. The molecule has 2 aliphatic heterocycles. The van der Waals surface area contributed by atoms with Crippen molar-refractivity contribution in [2.45, 2.75) is 138 Å². The van der Waals surface area contributed by atoms with Crippen molar-refractivity contribution in [3.05, 3.63) is 65.6 Å². The summed E-state index contributed by atoms with van der Waals surface area (Å²) in [6.45, 7) is 1.43. The lowest BCUT2D eigenvalue weighted by Crippen LogP contribution is -2.62. The van der Waals surface area contributed by atoms with E-state index < -0.39 is 28.9 Å². The highest BCUT2D eigenvalue weighted by Crippen LogP contribution is 2.42. The molecule has 2 saturated heterocycles. The number of carbonyl (C=O) groups is 3. The number of halogens is 2. The fraction of sp³-hybridized carbons (Fsp3) is 0.571. The molecule has 3 aromatic rings. The summed E-state index contributed by atoms with van der Waals surface area (Å²) in [5.41, 5.74) is 0.898. The van der Waals surface area contributed by atoms with Crippen LogP contribution in [0.1, 0.15) is 120 Å². The van der Waals surface area contributed by atoms with Crippen molar-refractivity contribution in [2.75, 3.05) is 23.7 Å². The number of likely N-dealkylation sites (tertiary alicyclic amines) is 1. The van der Waals surface area contributed by atoms with Gasteiger partial charge in [-0.15, -0.1) is 0 Å². The van der Waals surface area contributed by atoms with Crippen LogP contribution in [-0.4, -0.2) is 79.4 Å². The number of imide groups is 1. The van der Waals surface area contributed by atoms with Crippen LogP contribution >= 0.6 is 0 Å². The molecule has 5 fully saturated rings. The molecule has 56 heavy (non-hydrogen) atoms. The summed E-state index contributed by atoms with van der Waals surface area (Å²) in [6, 6.07) is 8.02. The number of rotatable bonds is 10. The number of carbonyl (C=O) groups excluding carboxylic acids is 3. The Labute approximate surface area is 326 Å². The minimum atomic E-state index is -0.959. The number of aromatic nitrogens is 3. The molecule has 5 N–H and O–H groups in total. The van der Waals surface area contributed by atoms with Crippen molar-refractivity contribution >= 4 is 29.4 Å². The van der Waals surface area contributed by atoms with Gasteiger partial charge in [0.2, 0.25) is 23.7 Å². The molecule has 1 aromatic carbocycles. The van der Waals surface area contributed by atoms with Gasteiger partial charge in [-0.2, -0.15) is 0 Å². The number of amides is 3. The maximum Gasteiger partial charge on any atom is 0.249 e. The largest absolute Gasteiger partial charge is 0.384 e. The zero-order chi connectivity index (χ0) is 38.9. The molecule has 1 atom stereocenters. The topological polar surface area (TPSA) is 161 Å². The summed E-state index contributed by atoms with van der Waals surface area (Å²) in [5.74, 6) is -1.04. The zero-order valence-corrected chi connectivity index (χ0v) is 31.8. The van der Waals surface area contributed by atoms with Crippen LogP contribution < -0.4 is 21.3 Å². The number of piperidine rings is 2. The predicted molar refractivity (Wildman–Crippen MR) is 206 cm³/mol. The summed E-state index contributed by atoms with van der Waals surface area (Å²) >= 11 is 0. The second kappa shape index (κ2) is 16.1. The van der Waals surface area contributed by atoms with Gasteiger partial charge in [-0.25, -0.2) is 18.7 Å². The molecular formula is C42H52F2N8O4. The molecule has 3 saturated carbocycles. The Morgan fingerprint density at radius 3 is 2.29 bits per heavy atom. The van der Waals surface area contributed by atoms with Gasteiger partial charge in [0.15, 0.2) is 5.82 Å². The molecule has 3 aliphatic carbocycles. The van der Waals surface area contributed by atoms with E-state index in [1.165, 1.54) is 12.3 Å². The van der Waals surface area contributed by atoms with E-state index in [1.807, 2.05) is 0 Å². The molecule has 14 heteroatoms. The molecule has 0 spiro atoms. The first kappa shape index (κ1) is 38.3. The molecule has 2 aromatic heterocycles. The second-order valence-corrected chi connectivity index (χ2v) is 16.6. The van der Waals surface area contributed by atoms with E-state index in [0.717, 1.165) is 77.0 Å². The van der Waals surface area contributed by atoms with Gasteiger partial charge in [0.1, 0.15) is 28.7 Å². The third kappa shape index (κ3) is 8.00. The lowest BCUT2D eigenvalue weighted by atomic mass is 9.76. The van der Waals surface area contributed by atoms with E-state index in [1.54, 1.807) is 30.5 Å². The van der Waals surface area contributed by atoms with Gasteiger partial charge < -0.3 is 21.1 Å². The maximum absolute atomic E-state index is 15.5. The van der Waals surface area contributed by atoms with Gasteiger partial charge >= 0.3 is 0 Å². The zero-order valence-electron chi connectivity index (χ0n) is 31.8. The molecule has 3 amide bonds. The molecule has 0 bridgehead atoms. The Kier molecular flexibility index (Phi) is 11.0. The SMILES string of the molecule is O=C1CCC(Nc2ccc(C3CCN(C4(C(=O)NC5CCC(Nc6ncc(F)c(-c7ccnc(C8(O)CCC8)c7)n6)CC5)CCCCC4)CC3)c(F)c2)C(=O)N1. The van der Waals surface area contributed by atoms with E-state index in [-0.39, 0.29) is 47.7 Å². The number of nitrogens with zero attached hydrogens (tertiary/aromatic N) is 4. The van der Waals surface area contributed by atoms with Crippen molar-refractivity contribution in [3.8, 4) is 11.3 Å². The summed E-state index contributed by atoms with van der Waals surface area (Å²) < 4.78 is 30.4. The Bertz CT molecular complexity index is 1940. The molecule has 298 valence electrons. The van der Waals surface area contributed by atoms with Gasteiger partial charge in [-0.3, -0.25) is 29.6 Å². The van der Waals surface area contributed by atoms with Gasteiger partial charge in [-0.05, 0) is 126 Å². The minimum Gasteiger partial charge on any atom is -0.384 e. The molecule has 8 rings (SSSR count). The minimum absolute atomic E-state index is 0.0331. The average molecular weight is 771 g/mol. The summed E-state index contributed by atoms with van der Waals surface area (Å²) in [6.07, 6.45) is 15.1. The highest BCUT2D eigenvalue weighted by molar-refractivity contribution is 6.01. The molecule has 0 radical (unpaired) electrons. The highest BCUT2D eigenvalue weighted by Gasteiger charge is 2.46. The molecular weight excluding hydrogens is 719 g/mol. The number of hydrogen-bond donors (Lipinski definition) is 5. The van der Waals surface area contributed by atoms with Crippen LogP contribution in [-0.2, 0) is 20.0 Å². The number of hydrogen-bond acceptors (Lipinski definition) is 10. The van der Waals surface area contributed by atoms with Crippen LogP contribution in [0, 0.1) is 11.6 Å². The summed E-state index contributed by atoms with van der Waals surface area (Å²) in [4.78, 5) is 53.4. The Balaban J connectivity index is 0.848. The van der Waals surface area contributed by atoms with Crippen LogP contribution in [0.3, 0.4) is 0 Å². The summed E-state index contributed by atoms with van der Waals surface area (Å²) in [7, 11) is 0. The van der Waals surface area contributed by atoms with E-state index >= 15 is 4.39 Å². The van der Waals surface area contributed by atoms with E-state index in [4.69, 9.17) is 0 Å². The van der Waals surface area contributed by atoms with E-state index in [0.29, 0.717) is 60.8 Å². The normalized spacial score (nSPS) is 25.4. The number of anilines is 2. The number of aliphatic hydroxyl groups is 1. The Hall–Kier alpha value is -4.56. The molecule has 4 heterocycles. The lowest BCUT2D eigenvalue weighted by Gasteiger charge is -2.48. The van der Waals surface area contributed by atoms with Crippen LogP contribution in [0.2, 0.25) is 0 Å². The highest BCUT2D eigenvalue weighted by atomic mass is 19.1. The van der Waals surface area contributed by atoms with Gasteiger partial charge in [0, 0.05) is 36.0 Å². The number of nitrogens with one attached hydrogen (secondary N) is 4. The maximum atomic E-state index is 15.5. The smallest absolute Gasteiger partial charge is 0.249 e. The quantitative estimate of drug-likeness (QED) is 0.159. The first-order valence-electron chi connectivity index (χ1n) is 20.5. The van der Waals surface area contributed by atoms with Crippen LogP contribution in [0.15, 0.2) is 42.7 Å². The van der Waals surface area contributed by atoms with Crippen LogP contribution in [0.25, 0.3) is 11.3 Å². The second-order valence-electron chi connectivity index (χ2n) is 16.6. The van der Waals surface area contributed by atoms with Crippen molar-refractivity contribution in [1.29, 1.82) is 0 Å². The van der Waals surface area contributed by atoms with Crippen molar-refractivity contribution in [3.63, 3.8) is 0 Å². The van der Waals surface area contributed by atoms with Crippen molar-refractivity contribution in [1.82, 2.24) is 30.5 Å². The first-order chi connectivity index (χ1) is 27.1. The number of benzene rings is 1. The average Bonchev–Trinajstić information content (AvgIpc) is 3.20. The molecule has 1 unspecified atom stereocenters. The van der Waals surface area contributed by atoms with Crippen LogP contribution in [0.4, 0.5) is 20.4 Å². The predicted octanol–water partition coefficient (Wildman–Crippen LogP) is 5.83. The summed E-state index contributed by atoms with van der Waals surface area (Å²) in [5, 5.41) is 23.0. The van der Waals surface area contributed by atoms with E-state index in [2.05, 4.69) is 41.1 Å². The van der Waals surface area contributed by atoms with Gasteiger partial charge in [-0.1, -0.05) is 25.3 Å². The third-order valence-electron chi connectivity index (χ3n) is 13.1. The van der Waals surface area contributed by atoms with Crippen molar-refractivity contribution in [2.24, 2.45) is 0 Å². The molecule has 5 aliphatic rings. The van der Waals surface area contributed by atoms with E-state index in [9.17, 15) is 23.9 Å². The Morgan fingerprint density at radius 1 is 0.839 bits per heavy atom. The first-order valence-corrected chi connectivity index (χ1v) is 20.5. The Morgan fingerprint density at radius 2 is 1.59 bits per heavy atom.